The first-order chi connectivity index (χ1) is 10.0. The molecule has 0 bridgehead atoms. The third-order valence-electron chi connectivity index (χ3n) is 3.28. The van der Waals surface area contributed by atoms with Gasteiger partial charge in [-0.25, -0.2) is 4.79 Å². The summed E-state index contributed by atoms with van der Waals surface area (Å²) in [6, 6.07) is 5.25. The molecule has 1 aliphatic rings. The van der Waals surface area contributed by atoms with Gasteiger partial charge in [-0.05, 0) is 38.0 Å². The predicted octanol–water partition coefficient (Wildman–Crippen LogP) is 1.16. The lowest BCUT2D eigenvalue weighted by atomic mass is 10.1. The van der Waals surface area contributed by atoms with Gasteiger partial charge < -0.3 is 20.7 Å². The number of anilines is 2. The lowest BCUT2D eigenvalue weighted by Gasteiger charge is -2.21. The molecule has 1 saturated carbocycles. The zero-order valence-electron chi connectivity index (χ0n) is 12.4. The minimum absolute atomic E-state index is 0.0408. The number of carbonyl (C=O) groups is 2. The summed E-state index contributed by atoms with van der Waals surface area (Å²) >= 11 is 0. The van der Waals surface area contributed by atoms with E-state index in [9.17, 15) is 9.59 Å². The number of hydrogen-bond donors (Lipinski definition) is 2. The molecule has 0 unspecified atom stereocenters. The molecule has 6 nitrogen and oxygen atoms in total. The van der Waals surface area contributed by atoms with Crippen molar-refractivity contribution in [2.24, 2.45) is 0 Å². The normalized spacial score (nSPS) is 13.6. The van der Waals surface area contributed by atoms with Crippen LogP contribution in [0.2, 0.25) is 0 Å². The molecule has 21 heavy (non-hydrogen) atoms. The van der Waals surface area contributed by atoms with Gasteiger partial charge in [-0.15, -0.1) is 0 Å². The first-order valence-electron chi connectivity index (χ1n) is 7.08. The van der Waals surface area contributed by atoms with Gasteiger partial charge in [0.2, 0.25) is 5.91 Å². The van der Waals surface area contributed by atoms with Gasteiger partial charge in [0.1, 0.15) is 0 Å². The maximum Gasteiger partial charge on any atom is 0.338 e. The molecule has 3 N–H and O–H groups in total. The fourth-order valence-electron chi connectivity index (χ4n) is 2.02. The van der Waals surface area contributed by atoms with Crippen LogP contribution in [0, 0.1) is 0 Å². The number of nitrogens with one attached hydrogen (secondary N) is 1. The summed E-state index contributed by atoms with van der Waals surface area (Å²) in [4.78, 5) is 25.3. The van der Waals surface area contributed by atoms with Gasteiger partial charge in [0.15, 0.2) is 0 Å². The molecule has 0 saturated heterocycles. The van der Waals surface area contributed by atoms with Crippen LogP contribution in [-0.4, -0.2) is 38.1 Å². The van der Waals surface area contributed by atoms with Crippen LogP contribution in [0.25, 0.3) is 0 Å². The maximum atomic E-state index is 11.8. The monoisotopic (exact) mass is 291 g/mol. The van der Waals surface area contributed by atoms with Gasteiger partial charge in [-0.2, -0.15) is 0 Å². The van der Waals surface area contributed by atoms with Gasteiger partial charge in [0, 0.05) is 13.1 Å². The number of nitrogen functional groups attached to an aromatic ring is 1. The first-order valence-corrected chi connectivity index (χ1v) is 7.08. The van der Waals surface area contributed by atoms with Crippen molar-refractivity contribution in [2.75, 3.05) is 30.8 Å². The molecule has 0 heterocycles. The van der Waals surface area contributed by atoms with Crippen molar-refractivity contribution in [3.05, 3.63) is 23.8 Å². The van der Waals surface area contributed by atoms with E-state index in [4.69, 9.17) is 10.5 Å². The summed E-state index contributed by atoms with van der Waals surface area (Å²) in [5, 5.41) is 2.92. The Labute approximate surface area is 124 Å². The van der Waals surface area contributed by atoms with E-state index in [2.05, 4.69) is 5.32 Å². The average molecular weight is 291 g/mol. The fourth-order valence-corrected chi connectivity index (χ4v) is 2.02. The van der Waals surface area contributed by atoms with E-state index >= 15 is 0 Å². The van der Waals surface area contributed by atoms with Crippen LogP contribution in [0.3, 0.4) is 0 Å². The maximum absolute atomic E-state index is 11.8. The van der Waals surface area contributed by atoms with Crippen LogP contribution in [0.5, 0.6) is 0 Å². The molecule has 0 aromatic heterocycles. The molecule has 0 aliphatic heterocycles. The standard InChI is InChI=1S/C15H21N3O3/c1-3-21-15(20)10-4-7-12(16)13(8-10)18(2)9-14(19)17-11-5-6-11/h4,7-8,11H,3,5-6,9,16H2,1-2H3,(H,17,19). The number of esters is 1. The molecule has 0 spiro atoms. The second-order valence-electron chi connectivity index (χ2n) is 5.19. The van der Waals surface area contributed by atoms with E-state index in [1.807, 2.05) is 0 Å². The molecular weight excluding hydrogens is 270 g/mol. The Morgan fingerprint density at radius 1 is 1.43 bits per heavy atom. The van der Waals surface area contributed by atoms with Gasteiger partial charge in [0.25, 0.3) is 0 Å². The van der Waals surface area contributed by atoms with Crippen LogP contribution >= 0.6 is 0 Å². The van der Waals surface area contributed by atoms with Crippen molar-refractivity contribution in [2.45, 2.75) is 25.8 Å². The number of ether oxygens (including phenoxy) is 1. The van der Waals surface area contributed by atoms with Crippen LogP contribution in [0.4, 0.5) is 11.4 Å². The van der Waals surface area contributed by atoms with E-state index in [1.54, 1.807) is 37.1 Å². The second-order valence-corrected chi connectivity index (χ2v) is 5.19. The van der Waals surface area contributed by atoms with Gasteiger partial charge in [-0.1, -0.05) is 0 Å². The quantitative estimate of drug-likeness (QED) is 0.607. The lowest BCUT2D eigenvalue weighted by Crippen LogP contribution is -2.36. The van der Waals surface area contributed by atoms with E-state index in [0.29, 0.717) is 29.6 Å². The SMILES string of the molecule is CCOC(=O)c1ccc(N)c(N(C)CC(=O)NC2CC2)c1. The molecule has 114 valence electrons. The minimum Gasteiger partial charge on any atom is -0.462 e. The third-order valence-corrected chi connectivity index (χ3v) is 3.28. The molecule has 2 rings (SSSR count). The Bertz CT molecular complexity index is 541. The first kappa shape index (κ1) is 15.2. The molecule has 0 radical (unpaired) electrons. The van der Waals surface area contributed by atoms with Crippen molar-refractivity contribution in [3.8, 4) is 0 Å². The number of nitrogens with zero attached hydrogens (tertiary/aromatic N) is 1. The highest BCUT2D eigenvalue weighted by atomic mass is 16.5. The van der Waals surface area contributed by atoms with Crippen molar-refractivity contribution in [1.82, 2.24) is 5.32 Å². The number of carbonyl (C=O) groups excluding carboxylic acids is 2. The Morgan fingerprint density at radius 3 is 2.76 bits per heavy atom. The summed E-state index contributed by atoms with van der Waals surface area (Å²) in [5.74, 6) is -0.435. The Balaban J connectivity index is 2.07. The lowest BCUT2D eigenvalue weighted by molar-refractivity contribution is -0.119. The molecule has 1 aromatic rings. The second kappa shape index (κ2) is 6.47. The summed E-state index contributed by atoms with van der Waals surface area (Å²) < 4.78 is 4.97. The number of likely N-dealkylation sites (N-methyl/N-ethyl adjacent to an activating group) is 1. The zero-order chi connectivity index (χ0) is 15.4. The molecule has 1 fully saturated rings. The van der Waals surface area contributed by atoms with Crippen LogP contribution in [-0.2, 0) is 9.53 Å². The van der Waals surface area contributed by atoms with Gasteiger partial charge in [-0.3, -0.25) is 4.79 Å². The van der Waals surface area contributed by atoms with Crippen LogP contribution in [0.1, 0.15) is 30.1 Å². The Kier molecular flexibility index (Phi) is 4.67. The van der Waals surface area contributed by atoms with Crippen molar-refractivity contribution < 1.29 is 14.3 Å². The third kappa shape index (κ3) is 4.11. The molecule has 0 atom stereocenters. The molecule has 6 heteroatoms. The number of rotatable bonds is 6. The summed E-state index contributed by atoms with van der Waals surface area (Å²) in [6.07, 6.45) is 2.10. The smallest absolute Gasteiger partial charge is 0.338 e. The summed E-state index contributed by atoms with van der Waals surface area (Å²) in [6.45, 7) is 2.27. The Hall–Kier alpha value is -2.24. The highest BCUT2D eigenvalue weighted by molar-refractivity contribution is 5.92. The van der Waals surface area contributed by atoms with E-state index in [1.165, 1.54) is 0 Å². The van der Waals surface area contributed by atoms with Gasteiger partial charge >= 0.3 is 5.97 Å². The largest absolute Gasteiger partial charge is 0.462 e. The van der Waals surface area contributed by atoms with Crippen LogP contribution in [0.15, 0.2) is 18.2 Å². The summed E-state index contributed by atoms with van der Waals surface area (Å²) in [7, 11) is 1.77. The highest BCUT2D eigenvalue weighted by Gasteiger charge is 2.24. The Morgan fingerprint density at radius 2 is 2.14 bits per heavy atom. The number of nitrogens with two attached hydrogens (primary N) is 1. The molecule has 1 aromatic carbocycles. The molecule has 1 amide bonds. The topological polar surface area (TPSA) is 84.7 Å². The molecule has 1 aliphatic carbocycles. The van der Waals surface area contributed by atoms with E-state index in [0.717, 1.165) is 12.8 Å². The van der Waals surface area contributed by atoms with E-state index < -0.39 is 5.97 Å². The van der Waals surface area contributed by atoms with Crippen molar-refractivity contribution in [1.29, 1.82) is 0 Å². The highest BCUT2D eigenvalue weighted by Crippen LogP contribution is 2.24. The number of amides is 1. The number of hydrogen-bond acceptors (Lipinski definition) is 5. The minimum atomic E-state index is -0.394. The zero-order valence-corrected chi connectivity index (χ0v) is 12.4. The fraction of sp³-hybridized carbons (Fsp3) is 0.467. The number of benzene rings is 1. The van der Waals surface area contributed by atoms with Gasteiger partial charge in [0.05, 0.1) is 30.1 Å². The van der Waals surface area contributed by atoms with Crippen LogP contribution < -0.4 is 16.0 Å². The summed E-state index contributed by atoms with van der Waals surface area (Å²) in [5.41, 5.74) is 7.52. The van der Waals surface area contributed by atoms with Crippen molar-refractivity contribution in [3.63, 3.8) is 0 Å². The van der Waals surface area contributed by atoms with E-state index in [-0.39, 0.29) is 12.5 Å². The average Bonchev–Trinajstić information content (AvgIpc) is 3.23. The van der Waals surface area contributed by atoms with Crippen molar-refractivity contribution >= 4 is 23.3 Å². The molecular formula is C15H21N3O3. The predicted molar refractivity (Wildman–Crippen MR) is 81.2 cm³/mol.